The van der Waals surface area contributed by atoms with Crippen LogP contribution in [0.1, 0.15) is 0 Å². The quantitative estimate of drug-likeness (QED) is 0.649. The van der Waals surface area contributed by atoms with E-state index in [1.807, 2.05) is 24.3 Å². The van der Waals surface area contributed by atoms with Crippen LogP contribution in [-0.2, 0) is 11.3 Å². The predicted molar refractivity (Wildman–Crippen MR) is 110 cm³/mol. The number of hydrogen-bond acceptors (Lipinski definition) is 7. The molecule has 1 aromatic heterocycles. The molecule has 0 saturated carbocycles. The fourth-order valence-electron chi connectivity index (χ4n) is 3.38. The van der Waals surface area contributed by atoms with Gasteiger partial charge in [0.05, 0.1) is 5.75 Å². The molecular formula is C20H19N5O3S. The first kappa shape index (κ1) is 17.9. The lowest BCUT2D eigenvalue weighted by atomic mass is 10.2. The molecule has 1 amide bonds. The van der Waals surface area contributed by atoms with Crippen molar-refractivity contribution in [2.24, 2.45) is 0 Å². The van der Waals surface area contributed by atoms with Crippen LogP contribution in [0.25, 0.3) is 0 Å². The van der Waals surface area contributed by atoms with Gasteiger partial charge in [-0.2, -0.15) is 0 Å². The molecule has 0 unspecified atom stereocenters. The van der Waals surface area contributed by atoms with Crippen molar-refractivity contribution in [1.29, 1.82) is 0 Å². The molecule has 29 heavy (non-hydrogen) atoms. The number of carbonyl (C=O) groups is 1. The number of nitrogens with zero attached hydrogens (tertiary/aromatic N) is 4. The third-order valence-corrected chi connectivity index (χ3v) is 5.68. The van der Waals surface area contributed by atoms with E-state index in [4.69, 9.17) is 9.47 Å². The minimum atomic E-state index is -0.109. The number of benzene rings is 2. The average Bonchev–Trinajstić information content (AvgIpc) is 3.35. The second kappa shape index (κ2) is 7.67. The van der Waals surface area contributed by atoms with Gasteiger partial charge in [-0.25, -0.2) is 0 Å². The Morgan fingerprint density at radius 1 is 1.03 bits per heavy atom. The van der Waals surface area contributed by atoms with Crippen LogP contribution in [0.15, 0.2) is 53.7 Å². The third kappa shape index (κ3) is 3.61. The monoisotopic (exact) mass is 409 g/mol. The summed E-state index contributed by atoms with van der Waals surface area (Å²) in [4.78, 5) is 14.5. The van der Waals surface area contributed by atoms with Crippen LogP contribution in [0, 0.1) is 0 Å². The minimum absolute atomic E-state index is 0.109. The second-order valence-corrected chi connectivity index (χ2v) is 7.56. The zero-order valence-electron chi connectivity index (χ0n) is 15.6. The van der Waals surface area contributed by atoms with Crippen molar-refractivity contribution < 1.29 is 14.3 Å². The normalized spacial score (nSPS) is 14.6. The SMILES string of the molecule is O=C(CSc1nnc2n1CCN2c1ccccc1)Nc1ccc2c(c1)OCCO2. The van der Waals surface area contributed by atoms with Gasteiger partial charge < -0.3 is 19.7 Å². The Balaban J connectivity index is 1.22. The molecule has 5 rings (SSSR count). The number of fused-ring (bicyclic) bond motifs is 2. The van der Waals surface area contributed by atoms with E-state index in [1.165, 1.54) is 11.8 Å². The minimum Gasteiger partial charge on any atom is -0.486 e. The summed E-state index contributed by atoms with van der Waals surface area (Å²) < 4.78 is 13.1. The first-order valence-electron chi connectivity index (χ1n) is 9.36. The van der Waals surface area contributed by atoms with Crippen LogP contribution >= 0.6 is 11.8 Å². The molecule has 0 spiro atoms. The van der Waals surface area contributed by atoms with Gasteiger partial charge in [0.1, 0.15) is 13.2 Å². The van der Waals surface area contributed by atoms with E-state index in [-0.39, 0.29) is 11.7 Å². The number of ether oxygens (including phenoxy) is 2. The maximum absolute atomic E-state index is 12.4. The summed E-state index contributed by atoms with van der Waals surface area (Å²) in [5.74, 6) is 2.30. The molecule has 3 aromatic rings. The smallest absolute Gasteiger partial charge is 0.234 e. The van der Waals surface area contributed by atoms with Gasteiger partial charge in [-0.05, 0) is 24.3 Å². The molecule has 0 saturated heterocycles. The maximum Gasteiger partial charge on any atom is 0.234 e. The van der Waals surface area contributed by atoms with E-state index in [2.05, 4.69) is 37.1 Å². The Kier molecular flexibility index (Phi) is 4.73. The highest BCUT2D eigenvalue weighted by atomic mass is 32.2. The Morgan fingerprint density at radius 3 is 2.72 bits per heavy atom. The molecule has 0 atom stereocenters. The average molecular weight is 409 g/mol. The van der Waals surface area contributed by atoms with Crippen LogP contribution in [0.3, 0.4) is 0 Å². The summed E-state index contributed by atoms with van der Waals surface area (Å²) in [5, 5.41) is 12.2. The van der Waals surface area contributed by atoms with Crippen molar-refractivity contribution in [2.45, 2.75) is 11.7 Å². The number of amides is 1. The highest BCUT2D eigenvalue weighted by molar-refractivity contribution is 7.99. The van der Waals surface area contributed by atoms with Gasteiger partial charge in [0.25, 0.3) is 0 Å². The van der Waals surface area contributed by atoms with E-state index >= 15 is 0 Å². The van der Waals surface area contributed by atoms with E-state index in [1.54, 1.807) is 12.1 Å². The number of nitrogens with one attached hydrogen (secondary N) is 1. The van der Waals surface area contributed by atoms with Crippen LogP contribution in [0.2, 0.25) is 0 Å². The second-order valence-electron chi connectivity index (χ2n) is 6.62. The molecule has 0 aliphatic carbocycles. The summed E-state index contributed by atoms with van der Waals surface area (Å²) in [7, 11) is 0. The molecule has 9 heteroatoms. The third-order valence-electron chi connectivity index (χ3n) is 4.71. The van der Waals surface area contributed by atoms with Crippen LogP contribution in [0.4, 0.5) is 17.3 Å². The first-order chi connectivity index (χ1) is 14.3. The molecule has 3 heterocycles. The highest BCUT2D eigenvalue weighted by Gasteiger charge is 2.26. The summed E-state index contributed by atoms with van der Waals surface area (Å²) in [6.45, 7) is 2.69. The Hall–Kier alpha value is -3.20. The first-order valence-corrected chi connectivity index (χ1v) is 10.3. The zero-order chi connectivity index (χ0) is 19.6. The molecule has 0 radical (unpaired) electrons. The molecule has 1 N–H and O–H groups in total. The predicted octanol–water partition coefficient (Wildman–Crippen LogP) is 2.93. The number of rotatable bonds is 5. The van der Waals surface area contributed by atoms with E-state index in [0.29, 0.717) is 30.4 Å². The molecule has 2 aliphatic heterocycles. The van der Waals surface area contributed by atoms with Gasteiger partial charge in [-0.3, -0.25) is 9.36 Å². The fourth-order valence-corrected chi connectivity index (χ4v) is 4.14. The Labute approximate surface area is 171 Å². The molecule has 8 nitrogen and oxygen atoms in total. The zero-order valence-corrected chi connectivity index (χ0v) is 16.4. The van der Waals surface area contributed by atoms with Gasteiger partial charge in [0.15, 0.2) is 16.7 Å². The van der Waals surface area contributed by atoms with Gasteiger partial charge in [0.2, 0.25) is 11.9 Å². The van der Waals surface area contributed by atoms with Crippen molar-refractivity contribution in [3.8, 4) is 11.5 Å². The van der Waals surface area contributed by atoms with Crippen molar-refractivity contribution in [3.63, 3.8) is 0 Å². The number of hydrogen-bond donors (Lipinski definition) is 1. The molecule has 2 aliphatic rings. The molecule has 2 aromatic carbocycles. The standard InChI is InChI=1S/C20H19N5O3S/c26-18(21-14-6-7-16-17(12-14)28-11-10-27-16)13-29-20-23-22-19-24(8-9-25(19)20)15-4-2-1-3-5-15/h1-7,12H,8-11,13H2,(H,21,26). The molecule has 0 bridgehead atoms. The molecule has 0 fully saturated rings. The van der Waals surface area contributed by atoms with Gasteiger partial charge in [0, 0.05) is 30.5 Å². The Bertz CT molecular complexity index is 1040. The lowest BCUT2D eigenvalue weighted by Gasteiger charge is -2.18. The highest BCUT2D eigenvalue weighted by Crippen LogP contribution is 2.33. The summed E-state index contributed by atoms with van der Waals surface area (Å²) in [6, 6.07) is 15.5. The van der Waals surface area contributed by atoms with Crippen molar-refractivity contribution >= 4 is 35.0 Å². The lowest BCUT2D eigenvalue weighted by molar-refractivity contribution is -0.113. The van der Waals surface area contributed by atoms with E-state index in [9.17, 15) is 4.79 Å². The molecule has 148 valence electrons. The lowest BCUT2D eigenvalue weighted by Crippen LogP contribution is -2.17. The number of aromatic nitrogens is 3. The van der Waals surface area contributed by atoms with Crippen molar-refractivity contribution in [2.75, 3.05) is 35.7 Å². The topological polar surface area (TPSA) is 81.5 Å². The van der Waals surface area contributed by atoms with E-state index in [0.717, 1.165) is 29.9 Å². The summed E-state index contributed by atoms with van der Waals surface area (Å²) in [6.07, 6.45) is 0. The van der Waals surface area contributed by atoms with Gasteiger partial charge in [-0.1, -0.05) is 30.0 Å². The van der Waals surface area contributed by atoms with Crippen LogP contribution < -0.4 is 19.7 Å². The molecular weight excluding hydrogens is 390 g/mol. The Morgan fingerprint density at radius 2 is 1.86 bits per heavy atom. The largest absolute Gasteiger partial charge is 0.486 e. The number of carbonyl (C=O) groups excluding carboxylic acids is 1. The van der Waals surface area contributed by atoms with Crippen molar-refractivity contribution in [1.82, 2.24) is 14.8 Å². The van der Waals surface area contributed by atoms with Crippen LogP contribution in [0.5, 0.6) is 11.5 Å². The van der Waals surface area contributed by atoms with Crippen LogP contribution in [-0.4, -0.2) is 46.2 Å². The van der Waals surface area contributed by atoms with Gasteiger partial charge in [-0.15, -0.1) is 10.2 Å². The summed E-state index contributed by atoms with van der Waals surface area (Å²) in [5.41, 5.74) is 1.77. The van der Waals surface area contributed by atoms with E-state index < -0.39 is 0 Å². The number of para-hydroxylation sites is 1. The summed E-state index contributed by atoms with van der Waals surface area (Å²) >= 11 is 1.38. The fraction of sp³-hybridized carbons (Fsp3) is 0.250. The van der Waals surface area contributed by atoms with Crippen molar-refractivity contribution in [3.05, 3.63) is 48.5 Å². The number of thioether (sulfide) groups is 1. The van der Waals surface area contributed by atoms with Gasteiger partial charge >= 0.3 is 0 Å². The number of anilines is 3. The maximum atomic E-state index is 12.4.